The maximum atomic E-state index is 5.85. The zero-order valence-corrected chi connectivity index (χ0v) is 12.5. The van der Waals surface area contributed by atoms with Gasteiger partial charge in [-0.3, -0.25) is 0 Å². The fraction of sp³-hybridized carbons (Fsp3) is 0.667. The molecule has 94 valence electrons. The second-order valence-corrected chi connectivity index (χ2v) is 6.03. The van der Waals surface area contributed by atoms with Crippen molar-refractivity contribution in [2.24, 2.45) is 5.92 Å². The van der Waals surface area contributed by atoms with Crippen molar-refractivity contribution in [2.45, 2.75) is 38.6 Å². The van der Waals surface area contributed by atoms with Crippen LogP contribution in [0, 0.1) is 5.92 Å². The van der Waals surface area contributed by atoms with E-state index in [2.05, 4.69) is 44.8 Å². The number of rotatable bonds is 2. The predicted molar refractivity (Wildman–Crippen MR) is 74.6 cm³/mol. The van der Waals surface area contributed by atoms with Crippen molar-refractivity contribution in [2.75, 3.05) is 11.9 Å². The zero-order valence-electron chi connectivity index (χ0n) is 10.2. The number of halogens is 2. The number of anilines is 1. The average Bonchev–Trinajstić information content (AvgIpc) is 2.32. The molecule has 17 heavy (non-hydrogen) atoms. The van der Waals surface area contributed by atoms with Crippen LogP contribution in [0.15, 0.2) is 10.7 Å². The summed E-state index contributed by atoms with van der Waals surface area (Å²) in [6, 6.07) is 0.563. The molecule has 1 aromatic rings. The minimum absolute atomic E-state index is 0.305. The minimum atomic E-state index is 0.305. The van der Waals surface area contributed by atoms with Crippen LogP contribution in [0.4, 0.5) is 5.82 Å². The molecule has 0 N–H and O–H groups in total. The minimum Gasteiger partial charge on any atom is -0.356 e. The molecule has 5 heteroatoms. The van der Waals surface area contributed by atoms with Crippen molar-refractivity contribution in [1.29, 1.82) is 0 Å². The molecule has 1 aliphatic rings. The van der Waals surface area contributed by atoms with E-state index >= 15 is 0 Å². The Balaban J connectivity index is 2.13. The first-order chi connectivity index (χ1) is 8.08. The predicted octanol–water partition coefficient (Wildman–Crippen LogP) is 3.91. The fourth-order valence-electron chi connectivity index (χ4n) is 2.39. The van der Waals surface area contributed by atoms with Gasteiger partial charge in [0, 0.05) is 19.3 Å². The summed E-state index contributed by atoms with van der Waals surface area (Å²) in [6.45, 7) is 2.33. The average molecular weight is 319 g/mol. The van der Waals surface area contributed by atoms with Gasteiger partial charge in [0.2, 0.25) is 5.28 Å². The highest BCUT2D eigenvalue weighted by Crippen LogP contribution is 2.31. The molecule has 0 amide bonds. The van der Waals surface area contributed by atoms with Crippen molar-refractivity contribution in [3.63, 3.8) is 0 Å². The molecule has 1 fully saturated rings. The number of aromatic nitrogens is 2. The first-order valence-electron chi connectivity index (χ1n) is 5.99. The Bertz CT molecular complexity index is 391. The molecule has 1 saturated carbocycles. The van der Waals surface area contributed by atoms with Gasteiger partial charge in [-0.1, -0.05) is 6.92 Å². The molecule has 0 unspecified atom stereocenters. The van der Waals surface area contributed by atoms with E-state index in [-0.39, 0.29) is 0 Å². The molecule has 0 radical (unpaired) electrons. The van der Waals surface area contributed by atoms with Gasteiger partial charge in [-0.25, -0.2) is 4.98 Å². The molecule has 3 nitrogen and oxygen atoms in total. The molecule has 0 aliphatic heterocycles. The van der Waals surface area contributed by atoms with E-state index in [1.54, 1.807) is 6.20 Å². The van der Waals surface area contributed by atoms with Crippen LogP contribution >= 0.6 is 27.5 Å². The standard InChI is InChI=1S/C12H17BrClN3/c1-8-3-5-9(6-4-8)17(2)11-10(13)7-15-12(14)16-11/h7-9H,3-6H2,1-2H3. The largest absolute Gasteiger partial charge is 0.356 e. The zero-order chi connectivity index (χ0) is 12.4. The highest BCUT2D eigenvalue weighted by Gasteiger charge is 2.23. The van der Waals surface area contributed by atoms with Crippen molar-refractivity contribution in [1.82, 2.24) is 9.97 Å². The van der Waals surface area contributed by atoms with E-state index in [1.807, 2.05) is 0 Å². The maximum Gasteiger partial charge on any atom is 0.224 e. The lowest BCUT2D eigenvalue weighted by atomic mass is 9.87. The molecule has 2 rings (SSSR count). The third kappa shape index (κ3) is 3.10. The van der Waals surface area contributed by atoms with Crippen LogP contribution in [0.2, 0.25) is 5.28 Å². The van der Waals surface area contributed by atoms with Crippen LogP contribution in [0.25, 0.3) is 0 Å². The van der Waals surface area contributed by atoms with E-state index in [9.17, 15) is 0 Å². The molecule has 0 spiro atoms. The Morgan fingerprint density at radius 1 is 1.35 bits per heavy atom. The van der Waals surface area contributed by atoms with Gasteiger partial charge in [0.1, 0.15) is 5.82 Å². The molecule has 1 aliphatic carbocycles. The van der Waals surface area contributed by atoms with E-state index in [0.29, 0.717) is 11.3 Å². The van der Waals surface area contributed by atoms with Crippen LogP contribution in [0.3, 0.4) is 0 Å². The molecule has 0 saturated heterocycles. The molecule has 0 atom stereocenters. The number of hydrogen-bond donors (Lipinski definition) is 0. The van der Waals surface area contributed by atoms with Gasteiger partial charge in [0.05, 0.1) is 4.47 Å². The third-order valence-corrected chi connectivity index (χ3v) is 4.30. The summed E-state index contributed by atoms with van der Waals surface area (Å²) in [6.07, 6.45) is 6.76. The van der Waals surface area contributed by atoms with Crippen LogP contribution < -0.4 is 4.90 Å². The normalized spacial score (nSPS) is 24.7. The topological polar surface area (TPSA) is 29.0 Å². The van der Waals surface area contributed by atoms with Crippen molar-refractivity contribution >= 4 is 33.3 Å². The smallest absolute Gasteiger partial charge is 0.224 e. The third-order valence-electron chi connectivity index (χ3n) is 3.56. The second kappa shape index (κ2) is 5.53. The number of nitrogens with zero attached hydrogens (tertiary/aromatic N) is 3. The Hall–Kier alpha value is -0.350. The van der Waals surface area contributed by atoms with Gasteiger partial charge in [-0.2, -0.15) is 4.98 Å². The molecule has 0 aromatic carbocycles. The Kier molecular flexibility index (Phi) is 4.26. The Morgan fingerprint density at radius 2 is 2.00 bits per heavy atom. The van der Waals surface area contributed by atoms with Gasteiger partial charge in [-0.15, -0.1) is 0 Å². The maximum absolute atomic E-state index is 5.85. The summed E-state index contributed by atoms with van der Waals surface area (Å²) in [5.41, 5.74) is 0. The van der Waals surface area contributed by atoms with Crippen LogP contribution in [0.1, 0.15) is 32.6 Å². The molecular formula is C12H17BrClN3. The molecule has 1 heterocycles. The highest BCUT2D eigenvalue weighted by atomic mass is 79.9. The highest BCUT2D eigenvalue weighted by molar-refractivity contribution is 9.10. The lowest BCUT2D eigenvalue weighted by Gasteiger charge is -2.34. The van der Waals surface area contributed by atoms with Gasteiger partial charge in [0.15, 0.2) is 0 Å². The second-order valence-electron chi connectivity index (χ2n) is 4.84. The molecule has 0 bridgehead atoms. The van der Waals surface area contributed by atoms with Gasteiger partial charge in [-0.05, 0) is 59.1 Å². The molecule has 1 aromatic heterocycles. The summed E-state index contributed by atoms with van der Waals surface area (Å²) in [5, 5.41) is 0.305. The lowest BCUT2D eigenvalue weighted by Crippen LogP contribution is -2.35. The van der Waals surface area contributed by atoms with Gasteiger partial charge < -0.3 is 4.90 Å². The summed E-state index contributed by atoms with van der Waals surface area (Å²) in [4.78, 5) is 10.5. The van der Waals surface area contributed by atoms with Crippen LogP contribution in [-0.2, 0) is 0 Å². The summed E-state index contributed by atoms with van der Waals surface area (Å²) < 4.78 is 0.906. The van der Waals surface area contributed by atoms with Gasteiger partial charge in [0.25, 0.3) is 0 Å². The SMILES string of the molecule is CC1CCC(N(C)c2nc(Cl)ncc2Br)CC1. The summed E-state index contributed by atoms with van der Waals surface area (Å²) >= 11 is 9.34. The van der Waals surface area contributed by atoms with Crippen LogP contribution in [-0.4, -0.2) is 23.1 Å². The fourth-order valence-corrected chi connectivity index (χ4v) is 2.99. The lowest BCUT2D eigenvalue weighted by molar-refractivity contribution is 0.339. The first kappa shape index (κ1) is 13.1. The monoisotopic (exact) mass is 317 g/mol. The Morgan fingerprint density at radius 3 is 2.65 bits per heavy atom. The number of hydrogen-bond acceptors (Lipinski definition) is 3. The van der Waals surface area contributed by atoms with E-state index in [4.69, 9.17) is 11.6 Å². The van der Waals surface area contributed by atoms with Crippen LogP contribution in [0.5, 0.6) is 0 Å². The van der Waals surface area contributed by atoms with Crippen molar-refractivity contribution in [3.05, 3.63) is 16.0 Å². The van der Waals surface area contributed by atoms with E-state index in [1.165, 1.54) is 25.7 Å². The first-order valence-corrected chi connectivity index (χ1v) is 7.16. The summed E-state index contributed by atoms with van der Waals surface area (Å²) in [5.74, 6) is 1.75. The Labute approximate surface area is 116 Å². The quantitative estimate of drug-likeness (QED) is 0.774. The van der Waals surface area contributed by atoms with E-state index < -0.39 is 0 Å². The van der Waals surface area contributed by atoms with E-state index in [0.717, 1.165) is 16.2 Å². The molecular weight excluding hydrogens is 302 g/mol. The van der Waals surface area contributed by atoms with Crippen molar-refractivity contribution < 1.29 is 0 Å². The van der Waals surface area contributed by atoms with Crippen molar-refractivity contribution in [3.8, 4) is 0 Å². The van der Waals surface area contributed by atoms with Gasteiger partial charge >= 0.3 is 0 Å². The summed E-state index contributed by atoms with van der Waals surface area (Å²) in [7, 11) is 2.09.